The Balaban J connectivity index is 3.07. The van der Waals surface area contributed by atoms with Crippen LogP contribution in [0.4, 0.5) is 0 Å². The Bertz CT molecular complexity index is 735. The summed E-state index contributed by atoms with van der Waals surface area (Å²) in [6.07, 6.45) is 14.5. The Morgan fingerprint density at radius 1 is 1.09 bits per heavy atom. The molecule has 0 aromatic rings. The van der Waals surface area contributed by atoms with Crippen molar-refractivity contribution in [3.05, 3.63) is 23.5 Å². The van der Waals surface area contributed by atoms with Crippen molar-refractivity contribution in [2.45, 2.75) is 123 Å². The molecule has 6 nitrogen and oxygen atoms in total. The van der Waals surface area contributed by atoms with Crippen LogP contribution < -0.4 is 0 Å². The summed E-state index contributed by atoms with van der Waals surface area (Å²) in [7, 11) is -1.81. The van der Waals surface area contributed by atoms with Gasteiger partial charge < -0.3 is 18.8 Å². The maximum absolute atomic E-state index is 10.8. The van der Waals surface area contributed by atoms with Gasteiger partial charge in [0.1, 0.15) is 7.11 Å². The summed E-state index contributed by atoms with van der Waals surface area (Å²) in [5.41, 5.74) is 2.37. The molecular weight excluding hydrogens is 474 g/mol. The molecule has 8 heteroatoms. The average molecular weight is 526 g/mol. The van der Waals surface area contributed by atoms with Crippen molar-refractivity contribution in [2.24, 2.45) is 11.1 Å². The highest BCUT2D eigenvalue weighted by Crippen LogP contribution is 2.38. The first-order valence-electron chi connectivity index (χ1n) is 13.4. The molecule has 0 saturated heterocycles. The molecule has 0 amide bonds. The largest absolute Gasteiger partial charge is 0.547 e. The summed E-state index contributed by atoms with van der Waals surface area (Å²) in [5, 5.41) is 13.3. The van der Waals surface area contributed by atoms with Gasteiger partial charge in [-0.3, -0.25) is 4.79 Å². The van der Waals surface area contributed by atoms with Gasteiger partial charge in [0.15, 0.2) is 8.32 Å². The lowest BCUT2D eigenvalue weighted by molar-refractivity contribution is -0.137. The SMILES string of the molecule is CCCCC[C@@H](CCC1=C(O[Si](C)(C)C)C/C(=N\OC)[C@H]1C/C=C\CCCC(=O)O)O[Si](C)(C)C. The quantitative estimate of drug-likeness (QED) is 0.0851. The minimum atomic E-state index is -1.78. The summed E-state index contributed by atoms with van der Waals surface area (Å²) in [4.78, 5) is 16.0. The van der Waals surface area contributed by atoms with E-state index in [1.54, 1.807) is 7.11 Å². The zero-order chi connectivity index (χ0) is 26.5. The van der Waals surface area contributed by atoms with Crippen molar-refractivity contribution in [1.29, 1.82) is 0 Å². The predicted molar refractivity (Wildman–Crippen MR) is 151 cm³/mol. The molecule has 0 unspecified atom stereocenters. The van der Waals surface area contributed by atoms with Crippen LogP contribution in [0.5, 0.6) is 0 Å². The lowest BCUT2D eigenvalue weighted by atomic mass is 9.91. The highest BCUT2D eigenvalue weighted by molar-refractivity contribution is 6.70. The summed E-state index contributed by atoms with van der Waals surface area (Å²) in [6, 6.07) is 0. The predicted octanol–water partition coefficient (Wildman–Crippen LogP) is 7.90. The normalized spacial score (nSPS) is 19.1. The molecule has 0 aromatic carbocycles. The Morgan fingerprint density at radius 3 is 2.37 bits per heavy atom. The first kappa shape index (κ1) is 31.6. The number of oxime groups is 1. The molecule has 0 aliphatic heterocycles. The van der Waals surface area contributed by atoms with Crippen LogP contribution in [-0.2, 0) is 18.5 Å². The van der Waals surface area contributed by atoms with Crippen LogP contribution in [-0.4, -0.2) is 46.6 Å². The standard InChI is InChI=1S/C27H51NO5Si2/c1-9-10-13-16-22(32-34(3,4)5)19-20-24-23(17-14-11-12-15-18-27(29)30)25(28-31-2)21-26(24)33-35(6,7)8/h11,14,22-23H,9-10,12-13,15-21H2,1-8H3,(H,29,30)/b14-11-,28-25+/t22-,23-/m0/s1. The number of aliphatic carboxylic acids is 1. The van der Waals surface area contributed by atoms with Crippen LogP contribution in [0.25, 0.3) is 0 Å². The first-order chi connectivity index (χ1) is 16.4. The molecule has 0 bridgehead atoms. The van der Waals surface area contributed by atoms with Crippen molar-refractivity contribution in [3.63, 3.8) is 0 Å². The van der Waals surface area contributed by atoms with E-state index in [9.17, 15) is 4.79 Å². The third-order valence-electron chi connectivity index (χ3n) is 5.85. The minimum absolute atomic E-state index is 0.167. The van der Waals surface area contributed by atoms with E-state index < -0.39 is 22.6 Å². The van der Waals surface area contributed by atoms with Crippen molar-refractivity contribution < 1.29 is 23.6 Å². The number of carbonyl (C=O) groups is 1. The lowest BCUT2D eigenvalue weighted by Crippen LogP contribution is -2.32. The average Bonchev–Trinajstić information content (AvgIpc) is 3.02. The molecule has 35 heavy (non-hydrogen) atoms. The smallest absolute Gasteiger partial charge is 0.303 e. The second-order valence-electron chi connectivity index (χ2n) is 11.5. The van der Waals surface area contributed by atoms with Crippen molar-refractivity contribution in [1.82, 2.24) is 0 Å². The Morgan fingerprint density at radius 2 is 1.80 bits per heavy atom. The Kier molecular flexibility index (Phi) is 14.2. The van der Waals surface area contributed by atoms with Crippen LogP contribution in [0.2, 0.25) is 39.3 Å². The maximum atomic E-state index is 10.8. The molecule has 0 fully saturated rings. The van der Waals surface area contributed by atoms with E-state index in [-0.39, 0.29) is 18.4 Å². The van der Waals surface area contributed by atoms with Gasteiger partial charge in [-0.05, 0) is 83.4 Å². The van der Waals surface area contributed by atoms with E-state index in [2.05, 4.69) is 63.5 Å². The molecule has 0 aromatic heterocycles. The van der Waals surface area contributed by atoms with Crippen molar-refractivity contribution in [2.75, 3.05) is 7.11 Å². The molecule has 202 valence electrons. The molecule has 1 aliphatic rings. The van der Waals surface area contributed by atoms with Crippen LogP contribution in [0.3, 0.4) is 0 Å². The Hall–Kier alpha value is -1.39. The number of unbranched alkanes of at least 4 members (excludes halogenated alkanes) is 3. The van der Waals surface area contributed by atoms with Crippen molar-refractivity contribution in [3.8, 4) is 0 Å². The highest BCUT2D eigenvalue weighted by atomic mass is 28.4. The summed E-state index contributed by atoms with van der Waals surface area (Å²) >= 11 is 0. The van der Waals surface area contributed by atoms with E-state index in [1.807, 2.05) is 0 Å². The fourth-order valence-corrected chi connectivity index (χ4v) is 6.67. The second kappa shape index (κ2) is 15.7. The van der Waals surface area contributed by atoms with Crippen LogP contribution >= 0.6 is 0 Å². The summed E-state index contributed by atoms with van der Waals surface area (Å²) in [5.74, 6) is 0.515. The van der Waals surface area contributed by atoms with Crippen LogP contribution in [0, 0.1) is 5.92 Å². The monoisotopic (exact) mass is 525 g/mol. The number of hydrogen-bond donors (Lipinski definition) is 1. The van der Waals surface area contributed by atoms with E-state index in [1.165, 1.54) is 24.8 Å². The van der Waals surface area contributed by atoms with E-state index in [0.717, 1.165) is 43.6 Å². The van der Waals surface area contributed by atoms with Gasteiger partial charge >= 0.3 is 5.97 Å². The third kappa shape index (κ3) is 14.1. The molecular formula is C27H51NO5Si2. The van der Waals surface area contributed by atoms with Gasteiger partial charge in [0.25, 0.3) is 0 Å². The number of hydrogen-bond acceptors (Lipinski definition) is 5. The zero-order valence-electron chi connectivity index (χ0n) is 23.6. The molecule has 1 aliphatic carbocycles. The van der Waals surface area contributed by atoms with Crippen LogP contribution in [0.1, 0.15) is 77.6 Å². The van der Waals surface area contributed by atoms with Crippen molar-refractivity contribution >= 4 is 28.3 Å². The topological polar surface area (TPSA) is 77.4 Å². The van der Waals surface area contributed by atoms with Gasteiger partial charge in [0.2, 0.25) is 8.32 Å². The second-order valence-corrected chi connectivity index (χ2v) is 20.4. The van der Waals surface area contributed by atoms with E-state index in [4.69, 9.17) is 18.8 Å². The number of allylic oxidation sites excluding steroid dienone is 4. The number of rotatable bonds is 18. The summed E-state index contributed by atoms with van der Waals surface area (Å²) in [6.45, 7) is 15.7. The van der Waals surface area contributed by atoms with Gasteiger partial charge in [-0.1, -0.05) is 43.5 Å². The molecule has 0 spiro atoms. The third-order valence-corrected chi connectivity index (χ3v) is 7.75. The molecule has 0 radical (unpaired) electrons. The lowest BCUT2D eigenvalue weighted by Gasteiger charge is -2.28. The van der Waals surface area contributed by atoms with E-state index in [0.29, 0.717) is 12.8 Å². The molecule has 0 heterocycles. The number of carboxylic acid groups (broad SMARTS) is 1. The fourth-order valence-electron chi connectivity index (χ4n) is 4.49. The maximum Gasteiger partial charge on any atom is 0.303 e. The van der Waals surface area contributed by atoms with Crippen LogP contribution in [0.15, 0.2) is 28.6 Å². The fraction of sp³-hybridized carbons (Fsp3) is 0.778. The molecule has 2 atom stereocenters. The minimum Gasteiger partial charge on any atom is -0.547 e. The van der Waals surface area contributed by atoms with Gasteiger partial charge in [0.05, 0.1) is 11.5 Å². The Labute approximate surface area is 216 Å². The number of nitrogens with zero attached hydrogens (tertiary/aromatic N) is 1. The van der Waals surface area contributed by atoms with Gasteiger partial charge in [-0.15, -0.1) is 0 Å². The summed E-state index contributed by atoms with van der Waals surface area (Å²) < 4.78 is 13.2. The van der Waals surface area contributed by atoms with Gasteiger partial charge in [-0.2, -0.15) is 0 Å². The highest BCUT2D eigenvalue weighted by Gasteiger charge is 2.35. The molecule has 1 rings (SSSR count). The number of carboxylic acids is 1. The van der Waals surface area contributed by atoms with Gasteiger partial charge in [0, 0.05) is 24.9 Å². The van der Waals surface area contributed by atoms with E-state index >= 15 is 0 Å². The van der Waals surface area contributed by atoms with Gasteiger partial charge in [-0.25, -0.2) is 0 Å². The zero-order valence-corrected chi connectivity index (χ0v) is 25.6. The first-order valence-corrected chi connectivity index (χ1v) is 20.2. The molecule has 0 saturated carbocycles. The molecule has 1 N–H and O–H groups in total.